The lowest BCUT2D eigenvalue weighted by atomic mass is 10.1. The predicted molar refractivity (Wildman–Crippen MR) is 144 cm³/mol. The number of fused-ring (bicyclic) bond motifs is 1. The highest BCUT2D eigenvalue weighted by Crippen LogP contribution is 2.38. The highest BCUT2D eigenvalue weighted by Gasteiger charge is 2.22. The molecule has 14 heteroatoms. The zero-order valence-corrected chi connectivity index (χ0v) is 22.2. The van der Waals surface area contributed by atoms with Gasteiger partial charge in [-0.25, -0.2) is 9.97 Å². The lowest BCUT2D eigenvalue weighted by Crippen LogP contribution is -2.23. The third-order valence-electron chi connectivity index (χ3n) is 5.59. The third kappa shape index (κ3) is 5.53. The summed E-state index contributed by atoms with van der Waals surface area (Å²) < 4.78 is 7.36. The fraction of sp³-hybridized carbons (Fsp3) is 0.167. The number of halogens is 2. The van der Waals surface area contributed by atoms with Gasteiger partial charge in [0, 0.05) is 34.2 Å². The Labute approximate surface area is 228 Å². The first-order valence-corrected chi connectivity index (χ1v) is 12.3. The number of nitro benzene ring substituents is 1. The maximum atomic E-state index is 13.3. The van der Waals surface area contributed by atoms with Gasteiger partial charge in [0.25, 0.3) is 11.2 Å². The second kappa shape index (κ2) is 11.0. The molecular formula is C24H18BrClN6O6. The van der Waals surface area contributed by atoms with Crippen molar-refractivity contribution in [3.8, 4) is 11.6 Å². The van der Waals surface area contributed by atoms with Crippen LogP contribution in [0, 0.1) is 20.2 Å². The molecule has 0 N–H and O–H groups in total. The van der Waals surface area contributed by atoms with Crippen LogP contribution in [0.25, 0.3) is 10.9 Å². The molecule has 4 rings (SSSR count). The summed E-state index contributed by atoms with van der Waals surface area (Å²) in [5.41, 5.74) is -0.407. The molecule has 4 aromatic rings. The van der Waals surface area contributed by atoms with Gasteiger partial charge in [-0.1, -0.05) is 41.4 Å². The molecule has 0 aliphatic heterocycles. The molecule has 12 nitrogen and oxygen atoms in total. The maximum Gasteiger partial charge on any atom is 0.313 e. The van der Waals surface area contributed by atoms with Gasteiger partial charge < -0.3 is 4.74 Å². The molecule has 2 heterocycles. The molecule has 0 radical (unpaired) electrons. The van der Waals surface area contributed by atoms with Crippen LogP contribution in [0.1, 0.15) is 37.6 Å². The van der Waals surface area contributed by atoms with E-state index in [-0.39, 0.29) is 33.8 Å². The summed E-state index contributed by atoms with van der Waals surface area (Å²) in [6, 6.07) is 10.1. The summed E-state index contributed by atoms with van der Waals surface area (Å²) in [6.07, 6.45) is 2.93. The fourth-order valence-corrected chi connectivity index (χ4v) is 4.08. The fourth-order valence-electron chi connectivity index (χ4n) is 3.46. The van der Waals surface area contributed by atoms with Crippen molar-refractivity contribution < 1.29 is 14.6 Å². The summed E-state index contributed by atoms with van der Waals surface area (Å²) in [6.45, 7) is 3.87. The van der Waals surface area contributed by atoms with E-state index in [2.05, 4.69) is 31.0 Å². The summed E-state index contributed by atoms with van der Waals surface area (Å²) in [5.74, 6) is -0.0887. The zero-order chi connectivity index (χ0) is 27.6. The smallest absolute Gasteiger partial charge is 0.313 e. The molecule has 0 spiro atoms. The molecule has 0 bridgehead atoms. The topological polar surface area (TPSA) is 156 Å². The summed E-state index contributed by atoms with van der Waals surface area (Å²) in [4.78, 5) is 43.0. The molecular weight excluding hydrogens is 584 g/mol. The summed E-state index contributed by atoms with van der Waals surface area (Å²) >= 11 is 9.67. The Balaban J connectivity index is 1.76. The summed E-state index contributed by atoms with van der Waals surface area (Å²) in [5, 5.41) is 27.1. The van der Waals surface area contributed by atoms with Crippen LogP contribution >= 0.6 is 27.5 Å². The van der Waals surface area contributed by atoms with Gasteiger partial charge in [0.1, 0.15) is 12.0 Å². The van der Waals surface area contributed by atoms with Gasteiger partial charge in [-0.05, 0) is 30.7 Å². The van der Waals surface area contributed by atoms with Crippen molar-refractivity contribution in [2.24, 2.45) is 5.10 Å². The van der Waals surface area contributed by atoms with Crippen molar-refractivity contribution in [3.05, 3.63) is 100 Å². The Morgan fingerprint density at radius 1 is 1.18 bits per heavy atom. The van der Waals surface area contributed by atoms with Crippen LogP contribution in [-0.2, 0) is 0 Å². The van der Waals surface area contributed by atoms with Crippen LogP contribution in [0.2, 0.25) is 5.02 Å². The van der Waals surface area contributed by atoms with Gasteiger partial charge in [0.15, 0.2) is 0 Å². The van der Waals surface area contributed by atoms with Crippen LogP contribution in [-0.4, -0.2) is 30.7 Å². The maximum absolute atomic E-state index is 13.3. The van der Waals surface area contributed by atoms with Crippen LogP contribution in [0.4, 0.5) is 11.4 Å². The highest BCUT2D eigenvalue weighted by molar-refractivity contribution is 9.10. The predicted octanol–water partition coefficient (Wildman–Crippen LogP) is 6.21. The number of rotatable bonds is 8. The highest BCUT2D eigenvalue weighted by atomic mass is 79.9. The molecule has 0 fully saturated rings. The number of ether oxygens (including phenoxy) is 1. The van der Waals surface area contributed by atoms with E-state index < -0.39 is 21.1 Å². The van der Waals surface area contributed by atoms with E-state index in [1.165, 1.54) is 29.1 Å². The van der Waals surface area contributed by atoms with Crippen LogP contribution in [0.5, 0.6) is 11.6 Å². The van der Waals surface area contributed by atoms with Crippen LogP contribution in [0.3, 0.4) is 0 Å². The number of hydrogen-bond acceptors (Lipinski definition) is 9. The van der Waals surface area contributed by atoms with Gasteiger partial charge in [-0.2, -0.15) is 9.78 Å². The first-order valence-electron chi connectivity index (χ1n) is 11.1. The number of nitro groups is 2. The lowest BCUT2D eigenvalue weighted by Gasteiger charge is -2.14. The van der Waals surface area contributed by atoms with Gasteiger partial charge >= 0.3 is 5.69 Å². The minimum Gasteiger partial charge on any atom is -0.430 e. The second-order valence-electron chi connectivity index (χ2n) is 8.12. The molecule has 194 valence electrons. The number of benzene rings is 2. The quantitative estimate of drug-likeness (QED) is 0.131. The molecule has 0 saturated carbocycles. The van der Waals surface area contributed by atoms with Crippen molar-refractivity contribution in [1.82, 2.24) is 14.6 Å². The molecule has 0 aliphatic rings. The monoisotopic (exact) mass is 600 g/mol. The van der Waals surface area contributed by atoms with E-state index in [0.717, 1.165) is 12.3 Å². The summed E-state index contributed by atoms with van der Waals surface area (Å²) in [7, 11) is 0. The molecule has 38 heavy (non-hydrogen) atoms. The molecule has 0 aliphatic carbocycles. The molecule has 2 aromatic carbocycles. The minimum atomic E-state index is -0.699. The molecule has 1 atom stereocenters. The van der Waals surface area contributed by atoms with Gasteiger partial charge in [-0.3, -0.25) is 25.0 Å². The van der Waals surface area contributed by atoms with Gasteiger partial charge in [0.05, 0.1) is 32.0 Å². The van der Waals surface area contributed by atoms with E-state index in [4.69, 9.17) is 16.3 Å². The average molecular weight is 602 g/mol. The lowest BCUT2D eigenvalue weighted by molar-refractivity contribution is -0.385. The third-order valence-corrected chi connectivity index (χ3v) is 6.36. The largest absolute Gasteiger partial charge is 0.430 e. The van der Waals surface area contributed by atoms with Crippen LogP contribution < -0.4 is 10.3 Å². The molecule has 0 unspecified atom stereocenters. The van der Waals surface area contributed by atoms with Crippen molar-refractivity contribution in [3.63, 3.8) is 0 Å². The van der Waals surface area contributed by atoms with E-state index in [9.17, 15) is 25.0 Å². The van der Waals surface area contributed by atoms with Gasteiger partial charge in [-0.15, -0.1) is 0 Å². The molecule has 0 saturated heterocycles. The normalized spacial score (nSPS) is 12.1. The number of aromatic nitrogens is 3. The molecule has 2 aromatic heterocycles. The van der Waals surface area contributed by atoms with E-state index in [0.29, 0.717) is 27.6 Å². The number of hydrogen-bond donors (Lipinski definition) is 0. The standard InChI is InChI=1S/C24H18BrClN6O6/c1-3-13(2)23-29-19-6-4-15(25)10-17(19)24(33)30(23)28-11-14-8-18(26)22(20(9-14)32(36)37)38-21-7-5-16(12-27-21)31(34)35/h4-13H,3H2,1-2H3/t13-/m0/s1. The van der Waals surface area contributed by atoms with Crippen molar-refractivity contribution in [1.29, 1.82) is 0 Å². The Morgan fingerprint density at radius 2 is 1.95 bits per heavy atom. The number of nitrogens with zero attached hydrogens (tertiary/aromatic N) is 6. The molecule has 0 amide bonds. The zero-order valence-electron chi connectivity index (χ0n) is 19.9. The first kappa shape index (κ1) is 26.8. The Hall–Kier alpha value is -4.23. The minimum absolute atomic E-state index is 0.101. The first-order chi connectivity index (χ1) is 18.1. The van der Waals surface area contributed by atoms with Gasteiger partial charge in [0.2, 0.25) is 11.6 Å². The van der Waals surface area contributed by atoms with E-state index >= 15 is 0 Å². The van der Waals surface area contributed by atoms with Crippen molar-refractivity contribution >= 4 is 56.0 Å². The Morgan fingerprint density at radius 3 is 2.58 bits per heavy atom. The SMILES string of the molecule is CC[C@H](C)c1nc2ccc(Br)cc2c(=O)n1N=Cc1cc(Cl)c(Oc2ccc([N+](=O)[O-])cn2)c([N+](=O)[O-])c1. The second-order valence-corrected chi connectivity index (χ2v) is 9.45. The van der Waals surface area contributed by atoms with E-state index in [1.807, 2.05) is 13.8 Å². The van der Waals surface area contributed by atoms with E-state index in [1.54, 1.807) is 18.2 Å². The average Bonchev–Trinajstić information content (AvgIpc) is 2.89. The number of pyridine rings is 1. The van der Waals surface area contributed by atoms with Crippen molar-refractivity contribution in [2.45, 2.75) is 26.2 Å². The van der Waals surface area contributed by atoms with Crippen LogP contribution in [0.15, 0.2) is 63.0 Å². The Kier molecular flexibility index (Phi) is 7.78. The van der Waals surface area contributed by atoms with Crippen molar-refractivity contribution in [2.75, 3.05) is 0 Å². The Bertz CT molecular complexity index is 1660.